The van der Waals surface area contributed by atoms with E-state index in [2.05, 4.69) is 0 Å². The van der Waals surface area contributed by atoms with Crippen molar-refractivity contribution < 1.29 is 21.0 Å². The third-order valence-electron chi connectivity index (χ3n) is 3.73. The number of rotatable bonds is 7. The second kappa shape index (κ2) is 8.16. The predicted molar refractivity (Wildman–Crippen MR) is 103 cm³/mol. The molecule has 0 heterocycles. The third kappa shape index (κ3) is 5.27. The quantitative estimate of drug-likeness (QED) is 0.671. The molecule has 0 fully saturated rings. The predicted octanol–water partition coefficient (Wildman–Crippen LogP) is 3.56. The van der Waals surface area contributed by atoms with Gasteiger partial charge in [-0.2, -0.15) is 8.42 Å². The average molecular weight is 395 g/mol. The van der Waals surface area contributed by atoms with Crippen LogP contribution < -0.4 is 0 Å². The van der Waals surface area contributed by atoms with E-state index in [0.29, 0.717) is 5.56 Å². The molecule has 0 radical (unpaired) electrons. The summed E-state index contributed by atoms with van der Waals surface area (Å²) in [6, 6.07) is 15.3. The van der Waals surface area contributed by atoms with Gasteiger partial charge in [-0.15, -0.1) is 0 Å². The largest absolute Gasteiger partial charge is 0.264 e. The molecule has 2 aromatic carbocycles. The molecule has 0 aliphatic rings. The van der Waals surface area contributed by atoms with E-state index in [9.17, 15) is 16.8 Å². The molecular weight excluding hydrogens is 372 g/mol. The van der Waals surface area contributed by atoms with Crippen LogP contribution in [0.2, 0.25) is 0 Å². The van der Waals surface area contributed by atoms with Gasteiger partial charge < -0.3 is 0 Å². The first-order chi connectivity index (χ1) is 12.1. The lowest BCUT2D eigenvalue weighted by Gasteiger charge is -2.19. The van der Waals surface area contributed by atoms with E-state index >= 15 is 0 Å². The molecule has 140 valence electrons. The first-order valence-corrected chi connectivity index (χ1v) is 11.4. The Hall–Kier alpha value is -1.96. The lowest BCUT2D eigenvalue weighted by Crippen LogP contribution is -2.24. The van der Waals surface area contributed by atoms with Crippen molar-refractivity contribution in [1.82, 2.24) is 0 Å². The Morgan fingerprint density at radius 3 is 2.08 bits per heavy atom. The number of hydrogen-bond acceptors (Lipinski definition) is 5. The zero-order valence-corrected chi connectivity index (χ0v) is 16.5. The molecule has 7 heteroatoms. The van der Waals surface area contributed by atoms with Crippen molar-refractivity contribution in [3.63, 3.8) is 0 Å². The van der Waals surface area contributed by atoms with Gasteiger partial charge in [-0.3, -0.25) is 4.18 Å². The van der Waals surface area contributed by atoms with Crippen LogP contribution in [0.1, 0.15) is 24.5 Å². The first-order valence-electron chi connectivity index (χ1n) is 8.10. The Morgan fingerprint density at radius 2 is 1.58 bits per heavy atom. The Balaban J connectivity index is 2.63. The standard InChI is InChI=1S/C19H22O5S2/c1-4-18(24-25(3,20)21)19(14-16-8-6-5-7-9-16)26(22,23)17-12-10-15(2)11-13-17/h5-14,18H,4H2,1-3H3/b19-14+/t18-/m0/s1. The third-order valence-corrected chi connectivity index (χ3v) is 6.21. The Labute approximate surface area is 155 Å². The Morgan fingerprint density at radius 1 is 1.00 bits per heavy atom. The van der Waals surface area contributed by atoms with Gasteiger partial charge in [-0.1, -0.05) is 55.0 Å². The molecule has 1 atom stereocenters. The zero-order valence-electron chi connectivity index (χ0n) is 14.9. The van der Waals surface area contributed by atoms with Gasteiger partial charge >= 0.3 is 0 Å². The molecule has 0 spiro atoms. The van der Waals surface area contributed by atoms with Crippen LogP contribution in [-0.4, -0.2) is 29.2 Å². The smallest absolute Gasteiger partial charge is 0.261 e. The van der Waals surface area contributed by atoms with Gasteiger partial charge in [0.05, 0.1) is 16.1 Å². The number of aryl methyl sites for hydroxylation is 1. The second-order valence-electron chi connectivity index (χ2n) is 5.97. The van der Waals surface area contributed by atoms with Crippen LogP contribution in [0.15, 0.2) is 64.4 Å². The van der Waals surface area contributed by atoms with Gasteiger partial charge in [-0.05, 0) is 37.1 Å². The van der Waals surface area contributed by atoms with Gasteiger partial charge in [0.1, 0.15) is 6.10 Å². The van der Waals surface area contributed by atoms with E-state index in [-0.39, 0.29) is 16.2 Å². The SMILES string of the molecule is CC[C@H](OS(C)(=O)=O)/C(=C\c1ccccc1)S(=O)(=O)c1ccc(C)cc1. The van der Waals surface area contributed by atoms with E-state index in [1.165, 1.54) is 18.2 Å². The summed E-state index contributed by atoms with van der Waals surface area (Å²) >= 11 is 0. The second-order valence-corrected chi connectivity index (χ2v) is 9.52. The molecule has 0 amide bonds. The van der Waals surface area contributed by atoms with Crippen molar-refractivity contribution in [3.05, 3.63) is 70.6 Å². The average Bonchev–Trinajstić information content (AvgIpc) is 2.58. The number of sulfone groups is 1. The molecule has 0 bridgehead atoms. The molecule has 0 aliphatic carbocycles. The fourth-order valence-corrected chi connectivity index (χ4v) is 4.78. The zero-order chi connectivity index (χ0) is 19.4. The topological polar surface area (TPSA) is 77.5 Å². The Bertz CT molecular complexity index is 974. The highest BCUT2D eigenvalue weighted by Crippen LogP contribution is 2.28. The van der Waals surface area contributed by atoms with Crippen LogP contribution in [0.25, 0.3) is 6.08 Å². The van der Waals surface area contributed by atoms with Crippen molar-refractivity contribution in [2.75, 3.05) is 6.26 Å². The summed E-state index contributed by atoms with van der Waals surface area (Å²) in [5.74, 6) is 0. The van der Waals surface area contributed by atoms with Gasteiger partial charge in [0.15, 0.2) is 0 Å². The van der Waals surface area contributed by atoms with Crippen molar-refractivity contribution in [2.45, 2.75) is 31.3 Å². The highest BCUT2D eigenvalue weighted by molar-refractivity contribution is 7.95. The van der Waals surface area contributed by atoms with E-state index in [0.717, 1.165) is 11.8 Å². The highest BCUT2D eigenvalue weighted by Gasteiger charge is 2.30. The molecule has 0 saturated heterocycles. The lowest BCUT2D eigenvalue weighted by molar-refractivity contribution is 0.250. The first kappa shape index (κ1) is 20.4. The van der Waals surface area contributed by atoms with Gasteiger partial charge in [0, 0.05) is 0 Å². The van der Waals surface area contributed by atoms with Crippen LogP contribution in [0.4, 0.5) is 0 Å². The van der Waals surface area contributed by atoms with E-state index in [4.69, 9.17) is 4.18 Å². The molecule has 0 unspecified atom stereocenters. The minimum atomic E-state index is -3.93. The highest BCUT2D eigenvalue weighted by atomic mass is 32.2. The molecule has 0 aromatic heterocycles. The maximum Gasteiger partial charge on any atom is 0.264 e. The van der Waals surface area contributed by atoms with Gasteiger partial charge in [0.25, 0.3) is 10.1 Å². The number of hydrogen-bond donors (Lipinski definition) is 0. The molecule has 0 aliphatic heterocycles. The summed E-state index contributed by atoms with van der Waals surface area (Å²) in [4.78, 5) is 0.0151. The van der Waals surface area contributed by atoms with Crippen molar-refractivity contribution in [2.24, 2.45) is 0 Å². The van der Waals surface area contributed by atoms with Gasteiger partial charge in [0.2, 0.25) is 9.84 Å². The summed E-state index contributed by atoms with van der Waals surface area (Å²) < 4.78 is 54.7. The summed E-state index contributed by atoms with van der Waals surface area (Å²) in [6.45, 7) is 3.54. The summed E-state index contributed by atoms with van der Waals surface area (Å²) in [6.07, 6.45) is 1.47. The van der Waals surface area contributed by atoms with Crippen LogP contribution in [0.5, 0.6) is 0 Å². The van der Waals surface area contributed by atoms with Crippen LogP contribution >= 0.6 is 0 Å². The monoisotopic (exact) mass is 394 g/mol. The summed E-state index contributed by atoms with van der Waals surface area (Å²) in [5.41, 5.74) is 1.57. The molecular formula is C19H22O5S2. The molecule has 2 rings (SSSR count). The fraction of sp³-hybridized carbons (Fsp3) is 0.263. The van der Waals surface area contributed by atoms with Crippen molar-refractivity contribution in [1.29, 1.82) is 0 Å². The molecule has 2 aromatic rings. The molecule has 5 nitrogen and oxygen atoms in total. The Kier molecular flexibility index (Phi) is 6.39. The fourth-order valence-electron chi connectivity index (χ4n) is 2.44. The van der Waals surface area contributed by atoms with Crippen molar-refractivity contribution >= 4 is 26.0 Å². The molecule has 26 heavy (non-hydrogen) atoms. The lowest BCUT2D eigenvalue weighted by atomic mass is 10.1. The minimum Gasteiger partial charge on any atom is -0.261 e. The maximum absolute atomic E-state index is 13.2. The molecule has 0 N–H and O–H groups in total. The van der Waals surface area contributed by atoms with Crippen LogP contribution in [0, 0.1) is 6.92 Å². The summed E-state index contributed by atoms with van der Waals surface area (Å²) in [5, 5.41) is 0. The van der Waals surface area contributed by atoms with E-state index in [1.54, 1.807) is 43.3 Å². The van der Waals surface area contributed by atoms with E-state index < -0.39 is 26.1 Å². The van der Waals surface area contributed by atoms with Crippen LogP contribution in [0.3, 0.4) is 0 Å². The van der Waals surface area contributed by atoms with Crippen LogP contribution in [-0.2, 0) is 24.1 Å². The minimum absolute atomic E-state index is 0.0829. The maximum atomic E-state index is 13.2. The number of benzene rings is 2. The normalized spacial score (nSPS) is 14.2. The van der Waals surface area contributed by atoms with E-state index in [1.807, 2.05) is 13.0 Å². The van der Waals surface area contributed by atoms with Crippen molar-refractivity contribution in [3.8, 4) is 0 Å². The summed E-state index contributed by atoms with van der Waals surface area (Å²) in [7, 11) is -7.76. The van der Waals surface area contributed by atoms with Gasteiger partial charge in [-0.25, -0.2) is 8.42 Å². The molecule has 0 saturated carbocycles.